The maximum atomic E-state index is 11.5. The van der Waals surface area contributed by atoms with E-state index in [2.05, 4.69) is 0 Å². The predicted octanol–water partition coefficient (Wildman–Crippen LogP) is 4.23. The maximum absolute atomic E-state index is 11.5. The van der Waals surface area contributed by atoms with Gasteiger partial charge in [-0.25, -0.2) is 0 Å². The van der Waals surface area contributed by atoms with Crippen molar-refractivity contribution >= 4 is 17.4 Å². The summed E-state index contributed by atoms with van der Waals surface area (Å²) in [6.45, 7) is 0. The van der Waals surface area contributed by atoms with Gasteiger partial charge in [0, 0.05) is 12.3 Å². The summed E-state index contributed by atoms with van der Waals surface area (Å²) in [5.41, 5.74) is 1.92. The molecule has 2 aromatic carbocycles. The number of nitriles is 1. The number of ketones is 1. The number of nitrogens with zero attached hydrogens (tertiary/aromatic N) is 1. The molecule has 2 atom stereocenters. The zero-order valence-corrected chi connectivity index (χ0v) is 11.6. The third-order valence-corrected chi connectivity index (χ3v) is 3.79. The topological polar surface area (TPSA) is 40.9 Å². The molecular weight excluding hydrogens is 270 g/mol. The molecule has 0 aromatic heterocycles. The Labute approximate surface area is 123 Å². The van der Waals surface area contributed by atoms with E-state index < -0.39 is 5.78 Å². The lowest BCUT2D eigenvalue weighted by Gasteiger charge is -2.21. The van der Waals surface area contributed by atoms with Crippen LogP contribution in [0.25, 0.3) is 0 Å². The number of Topliss-reactive ketones (excluding diaryl/α,β-unsaturated/α-hetero) is 1. The average Bonchev–Trinajstić information content (AvgIpc) is 2.53. The molecule has 100 valence electrons. The van der Waals surface area contributed by atoms with Gasteiger partial charge in [-0.2, -0.15) is 5.26 Å². The largest absolute Gasteiger partial charge is 0.283 e. The lowest BCUT2D eigenvalue weighted by Crippen LogP contribution is -2.11. The fourth-order valence-corrected chi connectivity index (χ4v) is 2.59. The molecular formula is C17H14ClNO. The molecule has 0 radical (unpaired) electrons. The zero-order valence-electron chi connectivity index (χ0n) is 10.9. The molecule has 0 aliphatic carbocycles. The van der Waals surface area contributed by atoms with E-state index >= 15 is 0 Å². The first kappa shape index (κ1) is 14.3. The summed E-state index contributed by atoms with van der Waals surface area (Å²) in [7, 11) is 0. The predicted molar refractivity (Wildman–Crippen MR) is 79.5 cm³/mol. The molecule has 0 fully saturated rings. The second-order valence-corrected chi connectivity index (χ2v) is 5.04. The lowest BCUT2D eigenvalue weighted by atomic mass is 9.87. The monoisotopic (exact) mass is 283 g/mol. The number of carbonyl (C=O) groups is 1. The number of carbonyl (C=O) groups excluding carboxylic acids is 1. The van der Waals surface area contributed by atoms with Gasteiger partial charge in [0.2, 0.25) is 5.78 Å². The minimum absolute atomic E-state index is 0.129. The van der Waals surface area contributed by atoms with Crippen LogP contribution in [0.2, 0.25) is 0 Å². The Hall–Kier alpha value is -2.11. The van der Waals surface area contributed by atoms with Crippen LogP contribution in [0.1, 0.15) is 28.8 Å². The van der Waals surface area contributed by atoms with Gasteiger partial charge in [0.05, 0.1) is 5.38 Å². The highest BCUT2D eigenvalue weighted by Crippen LogP contribution is 2.38. The van der Waals surface area contributed by atoms with E-state index in [1.165, 1.54) is 0 Å². The van der Waals surface area contributed by atoms with Crippen LogP contribution in [0.15, 0.2) is 60.7 Å². The average molecular weight is 284 g/mol. The van der Waals surface area contributed by atoms with Crippen molar-refractivity contribution in [2.24, 2.45) is 0 Å². The van der Waals surface area contributed by atoms with E-state index in [9.17, 15) is 4.79 Å². The minimum Gasteiger partial charge on any atom is -0.283 e. The molecule has 0 saturated heterocycles. The summed E-state index contributed by atoms with van der Waals surface area (Å²) in [6.07, 6.45) is 0.129. The van der Waals surface area contributed by atoms with Crippen LogP contribution >= 0.6 is 11.6 Å². The second kappa shape index (κ2) is 6.88. The number of hydrogen-bond donors (Lipinski definition) is 0. The fourth-order valence-electron chi connectivity index (χ4n) is 2.21. The first-order valence-electron chi connectivity index (χ1n) is 6.39. The maximum Gasteiger partial charge on any atom is 0.232 e. The van der Waals surface area contributed by atoms with E-state index in [1.807, 2.05) is 60.7 Å². The Morgan fingerprint density at radius 3 is 2.00 bits per heavy atom. The summed E-state index contributed by atoms with van der Waals surface area (Å²) in [6, 6.07) is 20.9. The van der Waals surface area contributed by atoms with Gasteiger partial charge in [0.25, 0.3) is 0 Å². The van der Waals surface area contributed by atoms with Crippen LogP contribution < -0.4 is 0 Å². The van der Waals surface area contributed by atoms with Crippen LogP contribution in [0.5, 0.6) is 0 Å². The lowest BCUT2D eigenvalue weighted by molar-refractivity contribution is -0.114. The standard InChI is InChI=1S/C17H14ClNO/c18-17(14-9-5-2-6-10-14)16(11-15(20)12-19)13-7-3-1-4-8-13/h1-10,16-17H,11H2. The number of alkyl halides is 1. The Morgan fingerprint density at radius 2 is 1.50 bits per heavy atom. The first-order chi connectivity index (χ1) is 9.72. The summed E-state index contributed by atoms with van der Waals surface area (Å²) < 4.78 is 0. The molecule has 0 aliphatic heterocycles. The zero-order chi connectivity index (χ0) is 14.4. The third kappa shape index (κ3) is 3.46. The highest BCUT2D eigenvalue weighted by molar-refractivity contribution is 6.21. The Balaban J connectivity index is 2.32. The van der Waals surface area contributed by atoms with Gasteiger partial charge in [0.15, 0.2) is 0 Å². The molecule has 0 aliphatic rings. The van der Waals surface area contributed by atoms with Gasteiger partial charge < -0.3 is 0 Å². The van der Waals surface area contributed by atoms with E-state index in [0.29, 0.717) is 0 Å². The normalized spacial score (nSPS) is 13.2. The molecule has 2 aromatic rings. The van der Waals surface area contributed by atoms with Crippen molar-refractivity contribution in [1.29, 1.82) is 5.26 Å². The SMILES string of the molecule is N#CC(=O)CC(c1ccccc1)C(Cl)c1ccccc1. The highest BCUT2D eigenvalue weighted by atomic mass is 35.5. The van der Waals surface area contributed by atoms with Crippen LogP contribution in [0.3, 0.4) is 0 Å². The number of halogens is 1. The molecule has 0 spiro atoms. The third-order valence-electron chi connectivity index (χ3n) is 3.23. The molecule has 2 rings (SSSR count). The Bertz CT molecular complexity index is 604. The van der Waals surface area contributed by atoms with Gasteiger partial charge in [-0.1, -0.05) is 60.7 Å². The molecule has 3 heteroatoms. The van der Waals surface area contributed by atoms with Gasteiger partial charge in [-0.05, 0) is 11.1 Å². The van der Waals surface area contributed by atoms with E-state index in [0.717, 1.165) is 11.1 Å². The molecule has 20 heavy (non-hydrogen) atoms. The van der Waals surface area contributed by atoms with Crippen molar-refractivity contribution in [3.63, 3.8) is 0 Å². The number of benzene rings is 2. The van der Waals surface area contributed by atoms with Gasteiger partial charge >= 0.3 is 0 Å². The van der Waals surface area contributed by atoms with Gasteiger partial charge in [0.1, 0.15) is 6.07 Å². The van der Waals surface area contributed by atoms with Crippen molar-refractivity contribution < 1.29 is 4.79 Å². The van der Waals surface area contributed by atoms with Crippen molar-refractivity contribution in [3.05, 3.63) is 71.8 Å². The molecule has 2 unspecified atom stereocenters. The molecule has 0 amide bonds. The summed E-state index contributed by atoms with van der Waals surface area (Å²) in [5, 5.41) is 8.40. The fraction of sp³-hybridized carbons (Fsp3) is 0.176. The van der Waals surface area contributed by atoms with Crippen LogP contribution in [0, 0.1) is 11.3 Å². The highest BCUT2D eigenvalue weighted by Gasteiger charge is 2.25. The van der Waals surface area contributed by atoms with Crippen molar-refractivity contribution in [2.45, 2.75) is 17.7 Å². The van der Waals surface area contributed by atoms with Crippen molar-refractivity contribution in [1.82, 2.24) is 0 Å². The first-order valence-corrected chi connectivity index (χ1v) is 6.83. The number of hydrogen-bond acceptors (Lipinski definition) is 2. The Morgan fingerprint density at radius 1 is 1.00 bits per heavy atom. The van der Waals surface area contributed by atoms with Crippen molar-refractivity contribution in [3.8, 4) is 6.07 Å². The van der Waals surface area contributed by atoms with E-state index in [1.54, 1.807) is 6.07 Å². The molecule has 2 nitrogen and oxygen atoms in total. The summed E-state index contributed by atoms with van der Waals surface area (Å²) in [5.74, 6) is -0.646. The smallest absolute Gasteiger partial charge is 0.232 e. The molecule has 0 heterocycles. The van der Waals surface area contributed by atoms with Crippen molar-refractivity contribution in [2.75, 3.05) is 0 Å². The van der Waals surface area contributed by atoms with E-state index in [4.69, 9.17) is 16.9 Å². The minimum atomic E-state index is -0.444. The van der Waals surface area contributed by atoms with Crippen LogP contribution in [-0.2, 0) is 4.79 Å². The van der Waals surface area contributed by atoms with Gasteiger partial charge in [-0.15, -0.1) is 11.6 Å². The number of rotatable bonds is 5. The van der Waals surface area contributed by atoms with Crippen LogP contribution in [-0.4, -0.2) is 5.78 Å². The molecule has 0 saturated carbocycles. The van der Waals surface area contributed by atoms with Crippen LogP contribution in [0.4, 0.5) is 0 Å². The Kier molecular flexibility index (Phi) is 4.92. The van der Waals surface area contributed by atoms with Gasteiger partial charge in [-0.3, -0.25) is 4.79 Å². The summed E-state index contributed by atoms with van der Waals surface area (Å²) in [4.78, 5) is 11.5. The second-order valence-electron chi connectivity index (χ2n) is 4.57. The van der Waals surface area contributed by atoms with E-state index in [-0.39, 0.29) is 17.7 Å². The summed E-state index contributed by atoms with van der Waals surface area (Å²) >= 11 is 6.55. The molecule has 0 bridgehead atoms. The quantitative estimate of drug-likeness (QED) is 0.608. The molecule has 0 N–H and O–H groups in total.